The number of carbonyl (C=O) groups is 1. The summed E-state index contributed by atoms with van der Waals surface area (Å²) in [6, 6.07) is 5.07. The van der Waals surface area contributed by atoms with Crippen molar-refractivity contribution in [3.05, 3.63) is 24.0 Å². The number of hydrogen-bond donors (Lipinski definition) is 2. The number of carbonyl (C=O) groups excluding carboxylic acids is 1. The van der Waals surface area contributed by atoms with Gasteiger partial charge in [0.15, 0.2) is 0 Å². The van der Waals surface area contributed by atoms with Crippen molar-refractivity contribution in [3.63, 3.8) is 0 Å². The first kappa shape index (κ1) is 11.8. The molecule has 0 bridgehead atoms. The molecule has 3 N–H and O–H groups in total. The van der Waals surface area contributed by atoms with Crippen molar-refractivity contribution in [2.24, 2.45) is 5.73 Å². The van der Waals surface area contributed by atoms with E-state index in [-0.39, 0.29) is 5.91 Å². The van der Waals surface area contributed by atoms with Crippen LogP contribution in [0.15, 0.2) is 18.3 Å². The monoisotopic (exact) mass is 247 g/mol. The minimum absolute atomic E-state index is 0.0763. The molecular formula is C14H21N3O. The van der Waals surface area contributed by atoms with Gasteiger partial charge in [0.2, 0.25) is 0 Å². The van der Waals surface area contributed by atoms with Crippen LogP contribution in [0.4, 0.5) is 0 Å². The van der Waals surface area contributed by atoms with E-state index in [1.165, 1.54) is 12.8 Å². The van der Waals surface area contributed by atoms with E-state index in [4.69, 9.17) is 5.73 Å². The van der Waals surface area contributed by atoms with Crippen molar-refractivity contribution in [1.82, 2.24) is 9.88 Å². The van der Waals surface area contributed by atoms with Gasteiger partial charge < -0.3 is 15.6 Å². The van der Waals surface area contributed by atoms with Crippen molar-refractivity contribution in [2.75, 3.05) is 0 Å². The fourth-order valence-corrected chi connectivity index (χ4v) is 2.78. The molecule has 1 amide bonds. The molecule has 0 atom stereocenters. The molecule has 1 heterocycles. The quantitative estimate of drug-likeness (QED) is 0.856. The topological polar surface area (TPSA) is 60.0 Å². The number of hydrogen-bond acceptors (Lipinski definition) is 2. The highest BCUT2D eigenvalue weighted by atomic mass is 16.2. The number of aromatic nitrogens is 1. The number of nitrogens with two attached hydrogens (primary N) is 1. The normalized spacial score (nSPS) is 28.1. The van der Waals surface area contributed by atoms with Gasteiger partial charge in [0.1, 0.15) is 5.69 Å². The zero-order chi connectivity index (χ0) is 12.5. The van der Waals surface area contributed by atoms with E-state index in [1.54, 1.807) is 0 Å². The molecule has 0 aliphatic heterocycles. The zero-order valence-electron chi connectivity index (χ0n) is 10.6. The fourth-order valence-electron chi connectivity index (χ4n) is 2.78. The summed E-state index contributed by atoms with van der Waals surface area (Å²) in [5.74, 6) is 0.0763. The van der Waals surface area contributed by atoms with Gasteiger partial charge in [-0.25, -0.2) is 0 Å². The highest BCUT2D eigenvalue weighted by Gasteiger charge is 2.28. The molecule has 0 radical (unpaired) electrons. The molecule has 2 saturated carbocycles. The molecule has 0 aromatic carbocycles. The van der Waals surface area contributed by atoms with E-state index in [2.05, 4.69) is 9.88 Å². The van der Waals surface area contributed by atoms with Crippen LogP contribution in [-0.2, 0) is 0 Å². The van der Waals surface area contributed by atoms with Gasteiger partial charge in [-0.2, -0.15) is 0 Å². The van der Waals surface area contributed by atoms with E-state index < -0.39 is 0 Å². The predicted octanol–water partition coefficient (Wildman–Crippen LogP) is 1.82. The molecule has 4 heteroatoms. The summed E-state index contributed by atoms with van der Waals surface area (Å²) >= 11 is 0. The van der Waals surface area contributed by atoms with Gasteiger partial charge in [-0.3, -0.25) is 4.79 Å². The fraction of sp³-hybridized carbons (Fsp3) is 0.643. The maximum absolute atomic E-state index is 12.2. The van der Waals surface area contributed by atoms with E-state index in [9.17, 15) is 4.79 Å². The molecule has 2 aliphatic rings. The highest BCUT2D eigenvalue weighted by molar-refractivity contribution is 5.93. The third-order valence-electron chi connectivity index (χ3n) is 4.06. The molecule has 0 unspecified atom stereocenters. The zero-order valence-corrected chi connectivity index (χ0v) is 10.6. The van der Waals surface area contributed by atoms with Crippen LogP contribution >= 0.6 is 0 Å². The van der Waals surface area contributed by atoms with Gasteiger partial charge in [0.25, 0.3) is 5.91 Å². The molecule has 0 saturated heterocycles. The van der Waals surface area contributed by atoms with Crippen LogP contribution in [0.3, 0.4) is 0 Å². The minimum Gasteiger partial charge on any atom is -0.348 e. The summed E-state index contributed by atoms with van der Waals surface area (Å²) in [5, 5.41) is 3.15. The van der Waals surface area contributed by atoms with Crippen LogP contribution in [0.2, 0.25) is 0 Å². The molecule has 2 aliphatic carbocycles. The third-order valence-corrected chi connectivity index (χ3v) is 4.06. The SMILES string of the molecule is NC1CCC(NC(=O)c2cccn2C2CC2)CC1. The Kier molecular flexibility index (Phi) is 3.12. The Morgan fingerprint density at radius 1 is 1.22 bits per heavy atom. The minimum atomic E-state index is 0.0763. The summed E-state index contributed by atoms with van der Waals surface area (Å²) in [7, 11) is 0. The summed E-state index contributed by atoms with van der Waals surface area (Å²) < 4.78 is 2.11. The maximum Gasteiger partial charge on any atom is 0.268 e. The Bertz CT molecular complexity index is 428. The number of nitrogens with one attached hydrogen (secondary N) is 1. The Morgan fingerprint density at radius 2 is 1.94 bits per heavy atom. The van der Waals surface area contributed by atoms with Crippen LogP contribution in [0.25, 0.3) is 0 Å². The molecule has 2 fully saturated rings. The Labute approximate surface area is 108 Å². The van der Waals surface area contributed by atoms with Gasteiger partial charge in [-0.15, -0.1) is 0 Å². The van der Waals surface area contributed by atoms with Crippen molar-refractivity contribution < 1.29 is 4.79 Å². The van der Waals surface area contributed by atoms with Gasteiger partial charge >= 0.3 is 0 Å². The smallest absolute Gasteiger partial charge is 0.268 e. The Balaban J connectivity index is 1.62. The van der Waals surface area contributed by atoms with Crippen molar-refractivity contribution in [1.29, 1.82) is 0 Å². The second-order valence-electron chi connectivity index (χ2n) is 5.62. The molecule has 1 aromatic rings. The summed E-state index contributed by atoms with van der Waals surface area (Å²) in [4.78, 5) is 12.2. The molecule has 0 spiro atoms. The molecule has 4 nitrogen and oxygen atoms in total. The lowest BCUT2D eigenvalue weighted by atomic mass is 9.92. The summed E-state index contributed by atoms with van der Waals surface area (Å²) in [6.07, 6.45) is 8.49. The van der Waals surface area contributed by atoms with Crippen LogP contribution < -0.4 is 11.1 Å². The average molecular weight is 247 g/mol. The Morgan fingerprint density at radius 3 is 2.61 bits per heavy atom. The van der Waals surface area contributed by atoms with Crippen molar-refractivity contribution >= 4 is 5.91 Å². The standard InChI is InChI=1S/C14H21N3O/c15-10-3-5-11(6-4-10)16-14(18)13-2-1-9-17(13)12-7-8-12/h1-2,9-12H,3-8,15H2,(H,16,18). The molecule has 18 heavy (non-hydrogen) atoms. The van der Waals surface area contributed by atoms with Crippen LogP contribution in [-0.4, -0.2) is 22.6 Å². The predicted molar refractivity (Wildman–Crippen MR) is 70.4 cm³/mol. The third kappa shape index (κ3) is 2.43. The van der Waals surface area contributed by atoms with Crippen molar-refractivity contribution in [3.8, 4) is 0 Å². The van der Waals surface area contributed by atoms with E-state index in [0.29, 0.717) is 18.1 Å². The van der Waals surface area contributed by atoms with Crippen LogP contribution in [0.1, 0.15) is 55.1 Å². The lowest BCUT2D eigenvalue weighted by Crippen LogP contribution is -2.41. The first-order valence-electron chi connectivity index (χ1n) is 6.97. The average Bonchev–Trinajstić information content (AvgIpc) is 3.09. The lowest BCUT2D eigenvalue weighted by Gasteiger charge is -2.26. The summed E-state index contributed by atoms with van der Waals surface area (Å²) in [6.45, 7) is 0. The van der Waals surface area contributed by atoms with E-state index >= 15 is 0 Å². The number of rotatable bonds is 3. The molecule has 1 aromatic heterocycles. The van der Waals surface area contributed by atoms with Gasteiger partial charge in [0.05, 0.1) is 0 Å². The highest BCUT2D eigenvalue weighted by Crippen LogP contribution is 2.36. The first-order valence-corrected chi connectivity index (χ1v) is 6.97. The molecular weight excluding hydrogens is 226 g/mol. The second-order valence-corrected chi connectivity index (χ2v) is 5.62. The molecule has 3 rings (SSSR count). The Hall–Kier alpha value is -1.29. The maximum atomic E-state index is 12.2. The van der Waals surface area contributed by atoms with Gasteiger partial charge in [-0.05, 0) is 50.7 Å². The van der Waals surface area contributed by atoms with E-state index in [0.717, 1.165) is 31.4 Å². The van der Waals surface area contributed by atoms with Crippen molar-refractivity contribution in [2.45, 2.75) is 56.7 Å². The second kappa shape index (κ2) is 4.76. The van der Waals surface area contributed by atoms with Gasteiger partial charge in [-0.1, -0.05) is 0 Å². The van der Waals surface area contributed by atoms with E-state index in [1.807, 2.05) is 18.3 Å². The number of nitrogens with zero attached hydrogens (tertiary/aromatic N) is 1. The largest absolute Gasteiger partial charge is 0.348 e. The van der Waals surface area contributed by atoms with Gasteiger partial charge in [0, 0.05) is 24.3 Å². The van der Waals surface area contributed by atoms with Crippen LogP contribution in [0, 0.1) is 0 Å². The number of amides is 1. The first-order chi connectivity index (χ1) is 8.74. The van der Waals surface area contributed by atoms with Crippen LogP contribution in [0.5, 0.6) is 0 Å². The molecule has 98 valence electrons. The lowest BCUT2D eigenvalue weighted by molar-refractivity contribution is 0.0916. The summed E-state index contributed by atoms with van der Waals surface area (Å²) in [5.41, 5.74) is 6.69.